The molecule has 0 spiro atoms. The van der Waals surface area contributed by atoms with Crippen LogP contribution in [0.5, 0.6) is 0 Å². The number of fused-ring (bicyclic) bond motifs is 8. The summed E-state index contributed by atoms with van der Waals surface area (Å²) in [7, 11) is 0. The highest BCUT2D eigenvalue weighted by molar-refractivity contribution is 6.00. The number of nitrogens with one attached hydrogen (secondary N) is 2. The first-order valence-electron chi connectivity index (χ1n) is 23.3. The maximum absolute atomic E-state index is 5.47. The van der Waals surface area contributed by atoms with E-state index in [2.05, 4.69) is 103 Å². The molecule has 0 aliphatic carbocycles. The molecular formula is C60H38N12. The van der Waals surface area contributed by atoms with E-state index in [-0.39, 0.29) is 0 Å². The lowest BCUT2D eigenvalue weighted by Crippen LogP contribution is -1.92. The van der Waals surface area contributed by atoms with Crippen LogP contribution >= 0.6 is 0 Å². The number of hydrogen-bond donors (Lipinski definition) is 2. The van der Waals surface area contributed by atoms with Gasteiger partial charge >= 0.3 is 0 Å². The van der Waals surface area contributed by atoms with Crippen molar-refractivity contribution in [3.63, 3.8) is 0 Å². The Morgan fingerprint density at radius 2 is 0.486 bits per heavy atom. The van der Waals surface area contributed by atoms with Gasteiger partial charge in [-0.15, -0.1) is 0 Å². The van der Waals surface area contributed by atoms with E-state index < -0.39 is 0 Å². The number of hydrogen-bond acceptors (Lipinski definition) is 10. The highest BCUT2D eigenvalue weighted by atomic mass is 14.8. The van der Waals surface area contributed by atoms with Crippen molar-refractivity contribution in [1.82, 2.24) is 59.8 Å². The molecule has 0 fully saturated rings. The van der Waals surface area contributed by atoms with Crippen molar-refractivity contribution in [2.75, 3.05) is 0 Å². The average Bonchev–Trinajstić information content (AvgIpc) is 4.32. The predicted octanol–water partition coefficient (Wildman–Crippen LogP) is 13.2. The summed E-state index contributed by atoms with van der Waals surface area (Å²) in [4.78, 5) is 56.5. The van der Waals surface area contributed by atoms with Gasteiger partial charge in [0.05, 0.1) is 68.3 Å². The lowest BCUT2D eigenvalue weighted by Gasteiger charge is -2.08. The van der Waals surface area contributed by atoms with Crippen LogP contribution in [0.1, 0.15) is 22.8 Å². The maximum Gasteiger partial charge on any atom is 0.0886 e. The molecule has 0 unspecified atom stereocenters. The van der Waals surface area contributed by atoms with E-state index >= 15 is 0 Å². The number of aromatic nitrogens is 12. The van der Waals surface area contributed by atoms with Gasteiger partial charge in [-0.3, -0.25) is 39.9 Å². The molecule has 12 nitrogen and oxygen atoms in total. The number of pyridine rings is 8. The SMILES string of the molecule is C1=Cc2nc1c(-c1ccc(-c3ccccn3)nc1)c1ccc([nH]1)c(-c1ccc(-c3ccccn3)nc1)c1nc(c(-c3ccc(-c4ccccn4)nc3)c3ccc([nH]3)c2-c2ccc(-c3ccccn3)nc2)C=C1. The molecule has 13 heterocycles. The van der Waals surface area contributed by atoms with Crippen LogP contribution in [0.4, 0.5) is 0 Å². The van der Waals surface area contributed by atoms with Gasteiger partial charge in [-0.05, 0) is 121 Å². The van der Waals surface area contributed by atoms with Gasteiger partial charge < -0.3 is 9.97 Å². The molecule has 0 aromatic carbocycles. The van der Waals surface area contributed by atoms with E-state index in [9.17, 15) is 0 Å². The van der Waals surface area contributed by atoms with E-state index in [1.54, 1.807) is 24.8 Å². The third-order valence-electron chi connectivity index (χ3n) is 12.7. The first-order valence-corrected chi connectivity index (χ1v) is 23.3. The van der Waals surface area contributed by atoms with E-state index in [1.165, 1.54) is 0 Å². The van der Waals surface area contributed by atoms with Crippen LogP contribution in [0.3, 0.4) is 0 Å². The molecule has 0 atom stereocenters. The van der Waals surface area contributed by atoms with Crippen molar-refractivity contribution in [3.8, 4) is 90.1 Å². The molecule has 12 heteroatoms. The summed E-state index contributed by atoms with van der Waals surface area (Å²) in [6.45, 7) is 0. The third-order valence-corrected chi connectivity index (χ3v) is 12.7. The largest absolute Gasteiger partial charge is 0.354 e. The Labute approximate surface area is 412 Å². The molecule has 8 bridgehead atoms. The molecule has 338 valence electrons. The fraction of sp³-hybridized carbons (Fsp3) is 0. The second-order valence-electron chi connectivity index (χ2n) is 17.1. The summed E-state index contributed by atoms with van der Waals surface area (Å²) >= 11 is 0. The summed E-state index contributed by atoms with van der Waals surface area (Å²) in [5.74, 6) is 0. The fourth-order valence-corrected chi connectivity index (χ4v) is 9.25. The predicted molar refractivity (Wildman–Crippen MR) is 285 cm³/mol. The van der Waals surface area contributed by atoms with Crippen molar-refractivity contribution in [2.24, 2.45) is 0 Å². The highest BCUT2D eigenvalue weighted by Gasteiger charge is 2.20. The Bertz CT molecular complexity index is 3500. The molecule has 0 amide bonds. The fourth-order valence-electron chi connectivity index (χ4n) is 9.25. The minimum absolute atomic E-state index is 0.753. The normalized spacial score (nSPS) is 11.8. The van der Waals surface area contributed by atoms with Crippen LogP contribution in [0.2, 0.25) is 0 Å². The summed E-state index contributed by atoms with van der Waals surface area (Å²) < 4.78 is 0. The van der Waals surface area contributed by atoms with Crippen molar-refractivity contribution >= 4 is 46.4 Å². The minimum Gasteiger partial charge on any atom is -0.354 e. The summed E-state index contributed by atoms with van der Waals surface area (Å²) in [5.41, 5.74) is 19.6. The molecule has 2 aliphatic rings. The van der Waals surface area contributed by atoms with Gasteiger partial charge in [0, 0.05) is 116 Å². The number of nitrogens with zero attached hydrogens (tertiary/aromatic N) is 10. The summed E-state index contributed by atoms with van der Waals surface area (Å²) in [6, 6.07) is 48.0. The molecule has 0 radical (unpaired) electrons. The zero-order chi connectivity index (χ0) is 47.8. The quantitative estimate of drug-likeness (QED) is 0.150. The highest BCUT2D eigenvalue weighted by Crippen LogP contribution is 2.39. The molecule has 0 saturated heterocycles. The summed E-state index contributed by atoms with van der Waals surface area (Å²) in [5, 5.41) is 0. The number of aromatic amines is 2. The zero-order valence-electron chi connectivity index (χ0n) is 38.3. The summed E-state index contributed by atoms with van der Waals surface area (Å²) in [6.07, 6.45) is 22.9. The third kappa shape index (κ3) is 7.90. The van der Waals surface area contributed by atoms with Gasteiger partial charge in [0.15, 0.2) is 0 Å². The van der Waals surface area contributed by atoms with Gasteiger partial charge in [-0.2, -0.15) is 0 Å². The van der Waals surface area contributed by atoms with Crippen LogP contribution in [0.15, 0.2) is 195 Å². The van der Waals surface area contributed by atoms with Crippen molar-refractivity contribution < 1.29 is 0 Å². The Morgan fingerprint density at radius 1 is 0.236 bits per heavy atom. The monoisotopic (exact) mass is 926 g/mol. The lowest BCUT2D eigenvalue weighted by atomic mass is 10.0. The minimum atomic E-state index is 0.753. The van der Waals surface area contributed by atoms with Gasteiger partial charge in [-0.1, -0.05) is 48.5 Å². The topological polar surface area (TPSA) is 160 Å². The molecule has 11 aromatic heterocycles. The van der Waals surface area contributed by atoms with E-state index in [0.29, 0.717) is 0 Å². The first-order chi connectivity index (χ1) is 35.7. The Hall–Kier alpha value is -10.2. The first kappa shape index (κ1) is 41.9. The molecule has 2 N–H and O–H groups in total. The van der Waals surface area contributed by atoms with Crippen LogP contribution in [-0.2, 0) is 0 Å². The second kappa shape index (κ2) is 18.0. The van der Waals surface area contributed by atoms with Crippen LogP contribution < -0.4 is 0 Å². The maximum atomic E-state index is 5.47. The van der Waals surface area contributed by atoms with Gasteiger partial charge in [0.25, 0.3) is 0 Å². The molecule has 13 rings (SSSR count). The van der Waals surface area contributed by atoms with Crippen molar-refractivity contribution in [2.45, 2.75) is 0 Å². The Morgan fingerprint density at radius 3 is 0.694 bits per heavy atom. The van der Waals surface area contributed by atoms with Gasteiger partial charge in [0.2, 0.25) is 0 Å². The zero-order valence-corrected chi connectivity index (χ0v) is 38.3. The molecular weight excluding hydrogens is 889 g/mol. The number of rotatable bonds is 8. The smallest absolute Gasteiger partial charge is 0.0886 e. The second-order valence-corrected chi connectivity index (χ2v) is 17.1. The van der Waals surface area contributed by atoms with Crippen LogP contribution in [0, 0.1) is 0 Å². The van der Waals surface area contributed by atoms with Crippen LogP contribution in [0.25, 0.3) is 136 Å². The average molecular weight is 927 g/mol. The van der Waals surface area contributed by atoms with Gasteiger partial charge in [-0.25, -0.2) is 9.97 Å². The molecule has 72 heavy (non-hydrogen) atoms. The standard InChI is InChI=1S/C60H38N12/c1-5-29-61-41(9-1)45-17-13-37(33-65-45)57-49-21-23-51(69-49)58(38-14-18-46(66-34-38)42-10-2-6-30-62-42)53-25-27-55(71-53)60(40-16-20-48(68-36-40)44-12-4-8-32-64-44)56-28-26-54(72-56)59(52-24-22-50(57)70-52)39-15-19-47(67-35-39)43-11-3-7-31-63-43/h1-36,69,72H. The lowest BCUT2D eigenvalue weighted by molar-refractivity contribution is 1.24. The van der Waals surface area contributed by atoms with Crippen LogP contribution in [-0.4, -0.2) is 59.8 Å². The van der Waals surface area contributed by atoms with Crippen molar-refractivity contribution in [3.05, 3.63) is 218 Å². The molecule has 11 aromatic rings. The number of H-pyrrole nitrogens is 2. The van der Waals surface area contributed by atoms with E-state index in [0.717, 1.165) is 135 Å². The van der Waals surface area contributed by atoms with E-state index in [1.807, 2.05) is 122 Å². The van der Waals surface area contributed by atoms with Crippen molar-refractivity contribution in [1.29, 1.82) is 0 Å². The Balaban J connectivity index is 1.09. The van der Waals surface area contributed by atoms with Gasteiger partial charge in [0.1, 0.15) is 0 Å². The Kier molecular flexibility index (Phi) is 10.5. The molecule has 2 aliphatic heterocycles. The van der Waals surface area contributed by atoms with E-state index in [4.69, 9.17) is 29.9 Å². The molecule has 0 saturated carbocycles.